The first-order chi connectivity index (χ1) is 8.20. The van der Waals surface area contributed by atoms with Gasteiger partial charge in [0.15, 0.2) is 11.5 Å². The Morgan fingerprint density at radius 3 is 2.35 bits per heavy atom. The second-order valence-electron chi connectivity index (χ2n) is 3.82. The van der Waals surface area contributed by atoms with E-state index in [9.17, 15) is 4.79 Å². The fourth-order valence-electron chi connectivity index (χ4n) is 1.54. The van der Waals surface area contributed by atoms with Crippen molar-refractivity contribution >= 4 is 11.6 Å². The standard InChI is InChI=1S/C13H13N3O/c1-16(2)13-11(14-8-9-15-13)12(17)10-6-4-3-5-7-10/h3-9H,1-2H3. The number of hydrogen-bond acceptors (Lipinski definition) is 4. The third-order valence-corrected chi connectivity index (χ3v) is 2.35. The number of nitrogens with zero attached hydrogens (tertiary/aromatic N) is 3. The molecule has 2 rings (SSSR count). The maximum Gasteiger partial charge on any atom is 0.215 e. The second kappa shape index (κ2) is 4.74. The Bertz CT molecular complexity index is 523. The summed E-state index contributed by atoms with van der Waals surface area (Å²) >= 11 is 0. The maximum absolute atomic E-state index is 12.2. The fraction of sp³-hybridized carbons (Fsp3) is 0.154. The van der Waals surface area contributed by atoms with E-state index >= 15 is 0 Å². The lowest BCUT2D eigenvalue weighted by Crippen LogP contribution is -2.17. The molecule has 1 aromatic carbocycles. The molecule has 0 bridgehead atoms. The Labute approximate surface area is 99.9 Å². The summed E-state index contributed by atoms with van der Waals surface area (Å²) in [6.45, 7) is 0. The zero-order valence-corrected chi connectivity index (χ0v) is 9.79. The van der Waals surface area contributed by atoms with Gasteiger partial charge in [-0.25, -0.2) is 9.97 Å². The van der Waals surface area contributed by atoms with E-state index in [1.165, 1.54) is 6.20 Å². The largest absolute Gasteiger partial charge is 0.361 e. The highest BCUT2D eigenvalue weighted by Crippen LogP contribution is 2.16. The predicted octanol–water partition coefficient (Wildman–Crippen LogP) is 1.77. The van der Waals surface area contributed by atoms with E-state index in [2.05, 4.69) is 9.97 Å². The zero-order chi connectivity index (χ0) is 12.3. The summed E-state index contributed by atoms with van der Waals surface area (Å²) in [6, 6.07) is 9.09. The molecule has 4 nitrogen and oxygen atoms in total. The van der Waals surface area contributed by atoms with Crippen molar-refractivity contribution in [3.8, 4) is 0 Å². The van der Waals surface area contributed by atoms with Gasteiger partial charge < -0.3 is 4.90 Å². The van der Waals surface area contributed by atoms with Crippen molar-refractivity contribution in [2.45, 2.75) is 0 Å². The normalized spacial score (nSPS) is 10.0. The Kier molecular flexibility index (Phi) is 3.14. The lowest BCUT2D eigenvalue weighted by molar-refractivity contribution is 0.103. The van der Waals surface area contributed by atoms with Crippen LogP contribution in [0.5, 0.6) is 0 Å². The molecule has 0 aliphatic rings. The third kappa shape index (κ3) is 2.30. The van der Waals surface area contributed by atoms with Crippen molar-refractivity contribution in [2.75, 3.05) is 19.0 Å². The minimum Gasteiger partial charge on any atom is -0.361 e. The van der Waals surface area contributed by atoms with Gasteiger partial charge in [-0.15, -0.1) is 0 Å². The fourth-order valence-corrected chi connectivity index (χ4v) is 1.54. The highest BCUT2D eigenvalue weighted by molar-refractivity contribution is 6.10. The van der Waals surface area contributed by atoms with Gasteiger partial charge in [-0.3, -0.25) is 4.79 Å². The molecule has 1 heterocycles. The average Bonchev–Trinajstić information content (AvgIpc) is 2.39. The molecule has 0 spiro atoms. The smallest absolute Gasteiger partial charge is 0.215 e. The number of carbonyl (C=O) groups is 1. The Hall–Kier alpha value is -2.23. The number of carbonyl (C=O) groups excluding carboxylic acids is 1. The van der Waals surface area contributed by atoms with Crippen LogP contribution in [0.4, 0.5) is 5.82 Å². The molecule has 0 saturated heterocycles. The first kappa shape index (κ1) is 11.3. The second-order valence-corrected chi connectivity index (χ2v) is 3.82. The molecule has 2 aromatic rings. The van der Waals surface area contributed by atoms with E-state index in [1.54, 1.807) is 23.2 Å². The quantitative estimate of drug-likeness (QED) is 0.750. The molecule has 86 valence electrons. The van der Waals surface area contributed by atoms with E-state index in [0.717, 1.165) is 0 Å². The van der Waals surface area contributed by atoms with E-state index in [1.807, 2.05) is 32.3 Å². The molecule has 0 saturated carbocycles. The van der Waals surface area contributed by atoms with Crippen LogP contribution in [0.1, 0.15) is 16.1 Å². The topological polar surface area (TPSA) is 46.1 Å². The van der Waals surface area contributed by atoms with Crippen molar-refractivity contribution < 1.29 is 4.79 Å². The zero-order valence-electron chi connectivity index (χ0n) is 9.79. The predicted molar refractivity (Wildman–Crippen MR) is 66.2 cm³/mol. The summed E-state index contributed by atoms with van der Waals surface area (Å²) in [5.41, 5.74) is 1.000. The van der Waals surface area contributed by atoms with Crippen LogP contribution >= 0.6 is 0 Å². The van der Waals surface area contributed by atoms with Crippen LogP contribution in [-0.2, 0) is 0 Å². The summed E-state index contributed by atoms with van der Waals surface area (Å²) in [6.07, 6.45) is 3.11. The molecule has 17 heavy (non-hydrogen) atoms. The monoisotopic (exact) mass is 227 g/mol. The van der Waals surface area contributed by atoms with Crippen molar-refractivity contribution in [1.29, 1.82) is 0 Å². The molecular weight excluding hydrogens is 214 g/mol. The van der Waals surface area contributed by atoms with Crippen LogP contribution in [-0.4, -0.2) is 29.8 Å². The van der Waals surface area contributed by atoms with Gasteiger partial charge in [0.25, 0.3) is 0 Å². The molecule has 4 heteroatoms. The molecule has 1 aromatic heterocycles. The number of benzene rings is 1. The molecule has 0 atom stereocenters. The molecule has 0 amide bonds. The molecule has 0 fully saturated rings. The van der Waals surface area contributed by atoms with Crippen molar-refractivity contribution in [2.24, 2.45) is 0 Å². The minimum atomic E-state index is -0.109. The first-order valence-corrected chi connectivity index (χ1v) is 5.28. The minimum absolute atomic E-state index is 0.109. The molecule has 0 N–H and O–H groups in total. The van der Waals surface area contributed by atoms with Gasteiger partial charge >= 0.3 is 0 Å². The van der Waals surface area contributed by atoms with Crippen LogP contribution in [0.3, 0.4) is 0 Å². The van der Waals surface area contributed by atoms with E-state index in [-0.39, 0.29) is 5.78 Å². The summed E-state index contributed by atoms with van der Waals surface area (Å²) in [7, 11) is 3.68. The lowest BCUT2D eigenvalue weighted by Gasteiger charge is -2.13. The lowest BCUT2D eigenvalue weighted by atomic mass is 10.1. The van der Waals surface area contributed by atoms with Crippen molar-refractivity contribution in [1.82, 2.24) is 9.97 Å². The number of rotatable bonds is 3. The summed E-state index contributed by atoms with van der Waals surface area (Å²) in [4.78, 5) is 22.3. The number of hydrogen-bond donors (Lipinski definition) is 0. The highest BCUT2D eigenvalue weighted by atomic mass is 16.1. The Morgan fingerprint density at radius 1 is 1.06 bits per heavy atom. The van der Waals surface area contributed by atoms with Gasteiger partial charge in [0.2, 0.25) is 5.78 Å². The highest BCUT2D eigenvalue weighted by Gasteiger charge is 2.16. The van der Waals surface area contributed by atoms with Gasteiger partial charge in [0.1, 0.15) is 0 Å². The summed E-state index contributed by atoms with van der Waals surface area (Å²) < 4.78 is 0. The molecule has 0 aliphatic carbocycles. The average molecular weight is 227 g/mol. The van der Waals surface area contributed by atoms with Crippen LogP contribution in [0.2, 0.25) is 0 Å². The van der Waals surface area contributed by atoms with E-state index in [4.69, 9.17) is 0 Å². The van der Waals surface area contributed by atoms with Gasteiger partial charge in [-0.2, -0.15) is 0 Å². The summed E-state index contributed by atoms with van der Waals surface area (Å²) in [5, 5.41) is 0. The molecular formula is C13H13N3O. The molecule has 0 aliphatic heterocycles. The Morgan fingerprint density at radius 2 is 1.71 bits per heavy atom. The Balaban J connectivity index is 2.45. The SMILES string of the molecule is CN(C)c1nccnc1C(=O)c1ccccc1. The van der Waals surface area contributed by atoms with Crippen LogP contribution in [0, 0.1) is 0 Å². The van der Waals surface area contributed by atoms with Crippen LogP contribution in [0.15, 0.2) is 42.7 Å². The van der Waals surface area contributed by atoms with E-state index in [0.29, 0.717) is 17.1 Å². The summed E-state index contributed by atoms with van der Waals surface area (Å²) in [5.74, 6) is 0.476. The third-order valence-electron chi connectivity index (χ3n) is 2.35. The van der Waals surface area contributed by atoms with Gasteiger partial charge in [-0.1, -0.05) is 30.3 Å². The maximum atomic E-state index is 12.2. The van der Waals surface area contributed by atoms with Gasteiger partial charge in [-0.05, 0) is 0 Å². The van der Waals surface area contributed by atoms with Crippen LogP contribution < -0.4 is 4.90 Å². The molecule has 0 unspecified atom stereocenters. The first-order valence-electron chi connectivity index (χ1n) is 5.28. The number of aromatic nitrogens is 2. The van der Waals surface area contributed by atoms with E-state index < -0.39 is 0 Å². The van der Waals surface area contributed by atoms with Crippen LogP contribution in [0.25, 0.3) is 0 Å². The molecule has 0 radical (unpaired) electrons. The van der Waals surface area contributed by atoms with Crippen molar-refractivity contribution in [3.63, 3.8) is 0 Å². The number of anilines is 1. The van der Waals surface area contributed by atoms with Gasteiger partial charge in [0, 0.05) is 32.1 Å². The number of ketones is 1. The van der Waals surface area contributed by atoms with Crippen molar-refractivity contribution in [3.05, 3.63) is 54.0 Å². The van der Waals surface area contributed by atoms with Gasteiger partial charge in [0.05, 0.1) is 0 Å².